The summed E-state index contributed by atoms with van der Waals surface area (Å²) < 4.78 is 43.1. The molecule has 1 saturated carbocycles. The predicted molar refractivity (Wildman–Crippen MR) is 121 cm³/mol. The van der Waals surface area contributed by atoms with Gasteiger partial charge < -0.3 is 15.5 Å². The molecule has 1 aliphatic heterocycles. The molecular weight excluding hydrogens is 487 g/mol. The van der Waals surface area contributed by atoms with Crippen molar-refractivity contribution in [2.75, 3.05) is 19.4 Å². The van der Waals surface area contributed by atoms with Crippen LogP contribution in [0.1, 0.15) is 33.9 Å². The fourth-order valence-corrected chi connectivity index (χ4v) is 4.46. The molecule has 4 amide bonds. The van der Waals surface area contributed by atoms with E-state index in [1.54, 1.807) is 26.2 Å². The van der Waals surface area contributed by atoms with Crippen molar-refractivity contribution in [3.05, 3.63) is 40.3 Å². The van der Waals surface area contributed by atoms with Crippen molar-refractivity contribution < 1.29 is 27.6 Å². The number of amides is 4. The fraction of sp³-hybridized carbons (Fsp3) is 0.286. The summed E-state index contributed by atoms with van der Waals surface area (Å²) in [7, 11) is 3.23. The van der Waals surface area contributed by atoms with Gasteiger partial charge in [-0.1, -0.05) is 0 Å². The van der Waals surface area contributed by atoms with Gasteiger partial charge in [0.15, 0.2) is 17.2 Å². The largest absolute Gasteiger partial charge is 0.435 e. The summed E-state index contributed by atoms with van der Waals surface area (Å²) in [6, 6.07) is 2.52. The fourth-order valence-electron chi connectivity index (χ4n) is 3.48. The third-order valence-electron chi connectivity index (χ3n) is 5.31. The van der Waals surface area contributed by atoms with Crippen LogP contribution in [0.25, 0.3) is 22.3 Å². The van der Waals surface area contributed by atoms with E-state index < -0.39 is 29.5 Å². The number of nitrogens with one attached hydrogen (secondary N) is 3. The standard InChI is InChI=1S/C21H18F3N7O3S/c1-30(2)19(33)14-6-5-13(35-14)11-8-31-12(7-10-18(32)29-20(34)27-10)15(21(22,23)24)28-17(31)16(26-11)25-9-3-4-9/h5-9H,3-4H2,1-2H3,(H,25,26)(H2,27,29,32,34). The normalized spacial score (nSPS) is 17.1. The summed E-state index contributed by atoms with van der Waals surface area (Å²) in [6.07, 6.45) is -0.860. The number of hydrogen-bond acceptors (Lipinski definition) is 7. The number of carbonyl (C=O) groups is 3. The van der Waals surface area contributed by atoms with E-state index in [1.807, 2.05) is 5.32 Å². The van der Waals surface area contributed by atoms with Gasteiger partial charge in [-0.3, -0.25) is 19.3 Å². The molecule has 1 saturated heterocycles. The molecule has 0 aromatic carbocycles. The molecule has 35 heavy (non-hydrogen) atoms. The topological polar surface area (TPSA) is 121 Å². The quantitative estimate of drug-likeness (QED) is 0.362. The van der Waals surface area contributed by atoms with Crippen molar-refractivity contribution in [2.45, 2.75) is 25.1 Å². The van der Waals surface area contributed by atoms with E-state index in [-0.39, 0.29) is 29.1 Å². The van der Waals surface area contributed by atoms with Crippen LogP contribution in [0.5, 0.6) is 0 Å². The second kappa shape index (κ2) is 8.08. The zero-order valence-electron chi connectivity index (χ0n) is 18.4. The van der Waals surface area contributed by atoms with Crippen LogP contribution < -0.4 is 16.0 Å². The second-order valence-corrected chi connectivity index (χ2v) is 9.34. The van der Waals surface area contributed by atoms with Crippen molar-refractivity contribution in [3.63, 3.8) is 0 Å². The molecule has 4 heterocycles. The number of aromatic nitrogens is 3. The van der Waals surface area contributed by atoms with E-state index in [1.165, 1.54) is 15.5 Å². The highest BCUT2D eigenvalue weighted by atomic mass is 32.1. The summed E-state index contributed by atoms with van der Waals surface area (Å²) in [6.45, 7) is 0. The van der Waals surface area contributed by atoms with Crippen LogP contribution in [0.15, 0.2) is 24.0 Å². The van der Waals surface area contributed by atoms with Gasteiger partial charge in [-0.25, -0.2) is 14.8 Å². The second-order valence-electron chi connectivity index (χ2n) is 8.26. The monoisotopic (exact) mass is 505 g/mol. The highest BCUT2D eigenvalue weighted by Crippen LogP contribution is 2.37. The first-order valence-corrected chi connectivity index (χ1v) is 11.3. The van der Waals surface area contributed by atoms with Gasteiger partial charge in [0.2, 0.25) is 0 Å². The molecule has 10 nitrogen and oxygen atoms in total. The van der Waals surface area contributed by atoms with Crippen LogP contribution in [0.4, 0.5) is 23.8 Å². The van der Waals surface area contributed by atoms with Crippen molar-refractivity contribution in [1.29, 1.82) is 0 Å². The Bertz CT molecular complexity index is 1420. The van der Waals surface area contributed by atoms with Crippen LogP contribution in [-0.4, -0.2) is 57.3 Å². The molecule has 2 aliphatic rings. The minimum absolute atomic E-state index is 0.0588. The smallest absolute Gasteiger partial charge is 0.364 e. The summed E-state index contributed by atoms with van der Waals surface area (Å²) in [5.41, 5.74) is -1.78. The molecule has 0 unspecified atom stereocenters. The zero-order chi connectivity index (χ0) is 25.1. The van der Waals surface area contributed by atoms with Gasteiger partial charge in [-0.2, -0.15) is 13.2 Å². The van der Waals surface area contributed by atoms with E-state index in [0.717, 1.165) is 30.3 Å². The first-order valence-electron chi connectivity index (χ1n) is 10.4. The SMILES string of the molecule is CN(C)C(=O)c1ccc(-c2cn3c(C=C4NC(=O)NC4=O)c(C(F)(F)F)nc3c(NC3CC3)n2)s1. The van der Waals surface area contributed by atoms with Gasteiger partial charge in [0, 0.05) is 26.3 Å². The lowest BCUT2D eigenvalue weighted by Crippen LogP contribution is -2.22. The number of rotatable bonds is 5. The Morgan fingerprint density at radius 1 is 1.23 bits per heavy atom. The maximum atomic E-state index is 14.0. The molecule has 3 aromatic heterocycles. The highest BCUT2D eigenvalue weighted by Gasteiger charge is 2.39. The Morgan fingerprint density at radius 3 is 2.57 bits per heavy atom. The summed E-state index contributed by atoms with van der Waals surface area (Å²) in [5.74, 6) is -0.920. The van der Waals surface area contributed by atoms with Crippen LogP contribution in [0.2, 0.25) is 0 Å². The van der Waals surface area contributed by atoms with E-state index in [4.69, 9.17) is 0 Å². The minimum atomic E-state index is -4.84. The van der Waals surface area contributed by atoms with E-state index in [0.29, 0.717) is 15.4 Å². The number of fused-ring (bicyclic) bond motifs is 1. The Morgan fingerprint density at radius 2 is 1.97 bits per heavy atom. The van der Waals surface area contributed by atoms with Crippen molar-refractivity contribution >= 4 is 46.7 Å². The number of carbonyl (C=O) groups excluding carboxylic acids is 3. The van der Waals surface area contributed by atoms with E-state index in [9.17, 15) is 27.6 Å². The number of urea groups is 1. The lowest BCUT2D eigenvalue weighted by atomic mass is 10.2. The third-order valence-corrected chi connectivity index (χ3v) is 6.40. The lowest BCUT2D eigenvalue weighted by molar-refractivity contribution is -0.141. The number of imide groups is 1. The molecule has 0 radical (unpaired) electrons. The average Bonchev–Trinajstić information content (AvgIpc) is 3.17. The van der Waals surface area contributed by atoms with Gasteiger partial charge in [0.05, 0.1) is 21.1 Å². The molecule has 2 fully saturated rings. The molecule has 3 N–H and O–H groups in total. The molecular formula is C21H18F3N7O3S. The van der Waals surface area contributed by atoms with Crippen LogP contribution in [0.3, 0.4) is 0 Å². The summed E-state index contributed by atoms with van der Waals surface area (Å²) in [4.78, 5) is 46.6. The van der Waals surface area contributed by atoms with Gasteiger partial charge in [0.1, 0.15) is 5.70 Å². The molecule has 5 rings (SSSR count). The lowest BCUT2D eigenvalue weighted by Gasteiger charge is -2.10. The number of halogens is 3. The van der Waals surface area contributed by atoms with Gasteiger partial charge in [0.25, 0.3) is 11.8 Å². The molecule has 0 atom stereocenters. The van der Waals surface area contributed by atoms with Crippen LogP contribution in [0, 0.1) is 0 Å². The Labute approximate surface area is 199 Å². The molecule has 0 bridgehead atoms. The number of imidazole rings is 1. The maximum Gasteiger partial charge on any atom is 0.435 e. The molecule has 14 heteroatoms. The van der Waals surface area contributed by atoms with Gasteiger partial charge in [-0.05, 0) is 31.1 Å². The Kier molecular flexibility index (Phi) is 5.27. The number of thiophene rings is 1. The summed E-state index contributed by atoms with van der Waals surface area (Å²) in [5, 5.41) is 7.28. The van der Waals surface area contributed by atoms with Crippen molar-refractivity contribution in [1.82, 2.24) is 29.9 Å². The number of hydrogen-bond donors (Lipinski definition) is 3. The Balaban J connectivity index is 1.72. The minimum Gasteiger partial charge on any atom is -0.364 e. The molecule has 182 valence electrons. The van der Waals surface area contributed by atoms with Gasteiger partial charge >= 0.3 is 12.2 Å². The zero-order valence-corrected chi connectivity index (χ0v) is 19.2. The molecule has 0 spiro atoms. The first kappa shape index (κ1) is 22.8. The summed E-state index contributed by atoms with van der Waals surface area (Å²) >= 11 is 1.15. The van der Waals surface area contributed by atoms with Crippen LogP contribution >= 0.6 is 11.3 Å². The predicted octanol–water partition coefficient (Wildman–Crippen LogP) is 2.93. The molecule has 3 aromatic rings. The third kappa shape index (κ3) is 4.32. The number of nitrogens with zero attached hydrogens (tertiary/aromatic N) is 4. The highest BCUT2D eigenvalue weighted by molar-refractivity contribution is 7.17. The average molecular weight is 505 g/mol. The van der Waals surface area contributed by atoms with E-state index >= 15 is 0 Å². The van der Waals surface area contributed by atoms with Crippen molar-refractivity contribution in [3.8, 4) is 10.6 Å². The van der Waals surface area contributed by atoms with Crippen molar-refractivity contribution in [2.24, 2.45) is 0 Å². The number of anilines is 1. The number of alkyl halides is 3. The first-order chi connectivity index (χ1) is 16.5. The van der Waals surface area contributed by atoms with E-state index in [2.05, 4.69) is 20.6 Å². The maximum absolute atomic E-state index is 14.0. The van der Waals surface area contributed by atoms with Gasteiger partial charge in [-0.15, -0.1) is 11.3 Å². The van der Waals surface area contributed by atoms with Crippen LogP contribution in [-0.2, 0) is 11.0 Å². The molecule has 1 aliphatic carbocycles. The Hall–Kier alpha value is -3.94.